The van der Waals surface area contributed by atoms with Crippen LogP contribution in [-0.2, 0) is 0 Å². The first kappa shape index (κ1) is 16.1. The van der Waals surface area contributed by atoms with Crippen LogP contribution in [0.15, 0.2) is 41.0 Å². The standard InChI is InChI=1S/C20H21ClN4O/c21-17-5-3-4-15(8-17)16-9-18-20(23-26-22-18)19(10-16)25-12-14(13-25)11-24-6-1-2-7-24/h3-5,8-10,14H,1-2,6-7,11-13H2. The van der Waals surface area contributed by atoms with Gasteiger partial charge < -0.3 is 9.80 Å². The Morgan fingerprint density at radius 2 is 1.88 bits per heavy atom. The van der Waals surface area contributed by atoms with Gasteiger partial charge in [0.05, 0.1) is 5.69 Å². The van der Waals surface area contributed by atoms with Crippen LogP contribution in [0.25, 0.3) is 22.2 Å². The first-order valence-electron chi connectivity index (χ1n) is 9.26. The van der Waals surface area contributed by atoms with Gasteiger partial charge in [0.15, 0.2) is 5.52 Å². The summed E-state index contributed by atoms with van der Waals surface area (Å²) in [6.07, 6.45) is 2.70. The molecule has 1 aromatic heterocycles. The van der Waals surface area contributed by atoms with Gasteiger partial charge in [-0.25, -0.2) is 4.63 Å². The molecule has 0 aliphatic carbocycles. The number of nitrogens with zero attached hydrogens (tertiary/aromatic N) is 4. The molecule has 2 saturated heterocycles. The van der Waals surface area contributed by atoms with Crippen LogP contribution in [0, 0.1) is 5.92 Å². The van der Waals surface area contributed by atoms with E-state index in [4.69, 9.17) is 16.2 Å². The zero-order valence-electron chi connectivity index (χ0n) is 14.6. The molecular formula is C20H21ClN4O. The Morgan fingerprint density at radius 3 is 2.69 bits per heavy atom. The van der Waals surface area contributed by atoms with E-state index in [0.717, 1.165) is 51.9 Å². The molecule has 5 rings (SSSR count). The second-order valence-corrected chi connectivity index (χ2v) is 7.85. The molecule has 0 atom stereocenters. The van der Waals surface area contributed by atoms with Crippen LogP contribution in [0.2, 0.25) is 5.02 Å². The molecule has 0 amide bonds. The van der Waals surface area contributed by atoms with Crippen molar-refractivity contribution < 1.29 is 4.63 Å². The molecule has 26 heavy (non-hydrogen) atoms. The first-order chi connectivity index (χ1) is 12.8. The van der Waals surface area contributed by atoms with Crippen LogP contribution in [0.4, 0.5) is 5.69 Å². The van der Waals surface area contributed by atoms with Gasteiger partial charge in [-0.2, -0.15) is 0 Å². The fraction of sp³-hybridized carbons (Fsp3) is 0.400. The minimum atomic E-state index is 0.733. The van der Waals surface area contributed by atoms with E-state index >= 15 is 0 Å². The van der Waals surface area contributed by atoms with Gasteiger partial charge in [0.25, 0.3) is 0 Å². The monoisotopic (exact) mass is 368 g/mol. The number of benzene rings is 2. The average molecular weight is 369 g/mol. The largest absolute Gasteiger partial charge is 0.369 e. The quantitative estimate of drug-likeness (QED) is 0.694. The van der Waals surface area contributed by atoms with Crippen molar-refractivity contribution in [1.29, 1.82) is 0 Å². The maximum Gasteiger partial charge on any atom is 0.158 e. The van der Waals surface area contributed by atoms with E-state index in [9.17, 15) is 0 Å². The third-order valence-corrected chi connectivity index (χ3v) is 5.75. The Labute approximate surface area is 157 Å². The molecule has 5 nitrogen and oxygen atoms in total. The van der Waals surface area contributed by atoms with Crippen LogP contribution in [-0.4, -0.2) is 47.9 Å². The highest BCUT2D eigenvalue weighted by molar-refractivity contribution is 6.30. The lowest BCUT2D eigenvalue weighted by atomic mass is 9.96. The number of aromatic nitrogens is 2. The van der Waals surface area contributed by atoms with Gasteiger partial charge in [-0.1, -0.05) is 23.7 Å². The van der Waals surface area contributed by atoms with Crippen LogP contribution in [0.5, 0.6) is 0 Å². The van der Waals surface area contributed by atoms with Gasteiger partial charge in [-0.15, -0.1) is 0 Å². The molecule has 0 unspecified atom stereocenters. The molecule has 2 fully saturated rings. The van der Waals surface area contributed by atoms with Gasteiger partial charge >= 0.3 is 0 Å². The second-order valence-electron chi connectivity index (χ2n) is 7.42. The molecule has 3 heterocycles. The highest BCUT2D eigenvalue weighted by Crippen LogP contribution is 2.35. The van der Waals surface area contributed by atoms with Crippen LogP contribution in [0.3, 0.4) is 0 Å². The van der Waals surface area contributed by atoms with E-state index in [-0.39, 0.29) is 0 Å². The third kappa shape index (κ3) is 2.95. The molecule has 2 aliphatic rings. The minimum Gasteiger partial charge on any atom is -0.369 e. The second kappa shape index (κ2) is 6.56. The number of halogens is 1. The number of fused-ring (bicyclic) bond motifs is 1. The highest BCUT2D eigenvalue weighted by Gasteiger charge is 2.31. The number of rotatable bonds is 4. The van der Waals surface area contributed by atoms with Crippen molar-refractivity contribution in [3.8, 4) is 11.1 Å². The molecule has 2 aliphatic heterocycles. The predicted molar refractivity (Wildman–Crippen MR) is 104 cm³/mol. The van der Waals surface area contributed by atoms with E-state index in [1.54, 1.807) is 0 Å². The lowest BCUT2D eigenvalue weighted by Gasteiger charge is -2.42. The minimum absolute atomic E-state index is 0.733. The summed E-state index contributed by atoms with van der Waals surface area (Å²) in [5.41, 5.74) is 4.92. The SMILES string of the molecule is Clc1cccc(-c2cc(N3CC(CN4CCCC4)C3)c3nonc3c2)c1. The molecule has 0 radical (unpaired) electrons. The predicted octanol–water partition coefficient (Wildman–Crippen LogP) is 4.08. The molecule has 0 spiro atoms. The van der Waals surface area contributed by atoms with Crippen molar-refractivity contribution in [3.63, 3.8) is 0 Å². The zero-order valence-corrected chi connectivity index (χ0v) is 15.3. The van der Waals surface area contributed by atoms with Crippen LogP contribution < -0.4 is 4.90 Å². The molecule has 2 aromatic carbocycles. The fourth-order valence-electron chi connectivity index (χ4n) is 4.16. The summed E-state index contributed by atoms with van der Waals surface area (Å²) in [7, 11) is 0. The molecule has 0 bridgehead atoms. The number of likely N-dealkylation sites (tertiary alicyclic amines) is 1. The van der Waals surface area contributed by atoms with E-state index in [0.29, 0.717) is 0 Å². The van der Waals surface area contributed by atoms with E-state index in [1.807, 2.05) is 24.3 Å². The average Bonchev–Trinajstić information content (AvgIpc) is 3.28. The van der Waals surface area contributed by atoms with Gasteiger partial charge in [-0.3, -0.25) is 0 Å². The molecule has 6 heteroatoms. The normalized spacial score (nSPS) is 18.6. The van der Waals surface area contributed by atoms with Gasteiger partial charge in [-0.05, 0) is 71.6 Å². The Hall–Kier alpha value is -2.11. The van der Waals surface area contributed by atoms with Gasteiger partial charge in [0.2, 0.25) is 0 Å². The summed E-state index contributed by atoms with van der Waals surface area (Å²) in [5, 5.41) is 8.95. The van der Waals surface area contributed by atoms with Gasteiger partial charge in [0, 0.05) is 30.6 Å². The third-order valence-electron chi connectivity index (χ3n) is 5.51. The van der Waals surface area contributed by atoms with Crippen molar-refractivity contribution in [3.05, 3.63) is 41.4 Å². The smallest absolute Gasteiger partial charge is 0.158 e. The molecule has 3 aromatic rings. The Kier molecular flexibility index (Phi) is 4.06. The first-order valence-corrected chi connectivity index (χ1v) is 9.63. The van der Waals surface area contributed by atoms with Crippen molar-refractivity contribution in [1.82, 2.24) is 15.2 Å². The van der Waals surface area contributed by atoms with Crippen LogP contribution >= 0.6 is 11.6 Å². The fourth-order valence-corrected chi connectivity index (χ4v) is 4.35. The van der Waals surface area contributed by atoms with E-state index in [2.05, 4.69) is 32.2 Å². The molecule has 134 valence electrons. The topological polar surface area (TPSA) is 45.4 Å². The van der Waals surface area contributed by atoms with Crippen molar-refractivity contribution in [2.45, 2.75) is 12.8 Å². The molecule has 0 saturated carbocycles. The number of hydrogen-bond donors (Lipinski definition) is 0. The Bertz CT molecular complexity index is 928. The summed E-state index contributed by atoms with van der Waals surface area (Å²) < 4.78 is 5.01. The number of anilines is 1. The maximum atomic E-state index is 6.17. The lowest BCUT2D eigenvalue weighted by molar-refractivity contribution is 0.247. The summed E-state index contributed by atoms with van der Waals surface area (Å²) in [5.74, 6) is 0.734. The summed E-state index contributed by atoms with van der Waals surface area (Å²) in [6.45, 7) is 5.87. The Morgan fingerprint density at radius 1 is 1.04 bits per heavy atom. The van der Waals surface area contributed by atoms with Crippen LogP contribution in [0.1, 0.15) is 12.8 Å². The zero-order chi connectivity index (χ0) is 17.5. The molecular weight excluding hydrogens is 348 g/mol. The summed E-state index contributed by atoms with van der Waals surface area (Å²) in [4.78, 5) is 4.99. The number of hydrogen-bond acceptors (Lipinski definition) is 5. The molecule has 0 N–H and O–H groups in total. The van der Waals surface area contributed by atoms with E-state index < -0.39 is 0 Å². The lowest BCUT2D eigenvalue weighted by Crippen LogP contribution is -2.51. The Balaban J connectivity index is 1.41. The highest BCUT2D eigenvalue weighted by atomic mass is 35.5. The van der Waals surface area contributed by atoms with Crippen molar-refractivity contribution in [2.24, 2.45) is 5.92 Å². The van der Waals surface area contributed by atoms with E-state index in [1.165, 1.54) is 32.5 Å². The van der Waals surface area contributed by atoms with Crippen molar-refractivity contribution in [2.75, 3.05) is 37.6 Å². The summed E-state index contributed by atoms with van der Waals surface area (Å²) in [6, 6.07) is 12.1. The van der Waals surface area contributed by atoms with Gasteiger partial charge in [0.1, 0.15) is 5.52 Å². The van der Waals surface area contributed by atoms with Crippen molar-refractivity contribution >= 4 is 28.3 Å². The maximum absolute atomic E-state index is 6.17. The summed E-state index contributed by atoms with van der Waals surface area (Å²) >= 11 is 6.17.